The Morgan fingerprint density at radius 1 is 0.561 bits per heavy atom. The summed E-state index contributed by atoms with van der Waals surface area (Å²) in [4.78, 5) is 107. The quantitative estimate of drug-likeness (QED) is 0.0605. The van der Waals surface area contributed by atoms with Crippen LogP contribution in [0.2, 0.25) is 0 Å². The third-order valence-corrected chi connectivity index (χ3v) is 11.1. The minimum absolute atomic E-state index is 0.0369. The molecule has 66 heavy (non-hydrogen) atoms. The van der Waals surface area contributed by atoms with Crippen molar-refractivity contribution in [2.45, 2.75) is 141 Å². The number of carbonyl (C=O) groups is 8. The lowest BCUT2D eigenvalue weighted by molar-refractivity contribution is -0.168. The number of rotatable bonds is 24. The number of amides is 4. The number of methoxy groups -OCH3 is 1. The first kappa shape index (κ1) is 59.7. The fraction of sp³-hybridized carbons (Fsp3) is 0.833. The van der Waals surface area contributed by atoms with Gasteiger partial charge in [0.1, 0.15) is 43.3 Å². The molecule has 1 atom stereocenters. The van der Waals surface area contributed by atoms with Crippen molar-refractivity contribution in [3.8, 4) is 0 Å². The van der Waals surface area contributed by atoms with E-state index < -0.39 is 86.7 Å². The molecule has 4 amide bonds. The molecule has 0 aromatic rings. The van der Waals surface area contributed by atoms with E-state index in [2.05, 4.69) is 16.0 Å². The molecule has 0 aliphatic heterocycles. The molecule has 1 saturated carbocycles. The molecule has 1 aliphatic rings. The van der Waals surface area contributed by atoms with E-state index in [0.717, 1.165) is 12.8 Å². The number of nitrogens with one attached hydrogen (secondary N) is 3. The van der Waals surface area contributed by atoms with Crippen LogP contribution in [0, 0.1) is 44.3 Å². The SMILES string of the molecule is COCC1CCC(C(=O)NC(CO)C(=O)N(CCCNC(=O)C(C)(COC(=O)C(C)(C)C)COC(=O)C(C)(C)C)CCCNC(=O)C(C)(COC(=O)C(C)(C)C)COC(=O)C(C)(C)C)CC1. The molecule has 0 heterocycles. The number of hydrogen-bond acceptors (Lipinski definition) is 14. The summed E-state index contributed by atoms with van der Waals surface area (Å²) in [5.41, 5.74) is -6.33. The molecule has 18 nitrogen and oxygen atoms in total. The topological polar surface area (TPSA) is 242 Å². The van der Waals surface area contributed by atoms with Gasteiger partial charge in [-0.05, 0) is 141 Å². The zero-order valence-corrected chi connectivity index (χ0v) is 42.7. The third-order valence-electron chi connectivity index (χ3n) is 11.1. The van der Waals surface area contributed by atoms with Gasteiger partial charge in [0, 0.05) is 45.8 Å². The average Bonchev–Trinajstić information content (AvgIpc) is 3.22. The van der Waals surface area contributed by atoms with E-state index in [1.807, 2.05) is 0 Å². The van der Waals surface area contributed by atoms with Gasteiger partial charge in [-0.15, -0.1) is 0 Å². The number of carbonyl (C=O) groups excluding carboxylic acids is 8. The van der Waals surface area contributed by atoms with Crippen molar-refractivity contribution in [1.82, 2.24) is 20.9 Å². The summed E-state index contributed by atoms with van der Waals surface area (Å²) in [6.45, 7) is 21.7. The number of esters is 4. The molecular formula is C48H84N4O14. The summed E-state index contributed by atoms with van der Waals surface area (Å²) in [5, 5.41) is 18.8. The molecular weight excluding hydrogens is 857 g/mol. The monoisotopic (exact) mass is 941 g/mol. The Kier molecular flexibility index (Phi) is 23.3. The first-order valence-electron chi connectivity index (χ1n) is 23.2. The van der Waals surface area contributed by atoms with Crippen LogP contribution in [0.3, 0.4) is 0 Å². The third kappa shape index (κ3) is 20.3. The van der Waals surface area contributed by atoms with Gasteiger partial charge in [-0.1, -0.05) is 0 Å². The molecule has 1 aliphatic carbocycles. The van der Waals surface area contributed by atoms with Crippen molar-refractivity contribution in [3.63, 3.8) is 0 Å². The van der Waals surface area contributed by atoms with Gasteiger partial charge >= 0.3 is 23.9 Å². The van der Waals surface area contributed by atoms with E-state index in [1.54, 1.807) is 90.2 Å². The van der Waals surface area contributed by atoms with Crippen molar-refractivity contribution < 1.29 is 67.1 Å². The second kappa shape index (κ2) is 25.7. The zero-order valence-electron chi connectivity index (χ0n) is 42.7. The van der Waals surface area contributed by atoms with E-state index in [0.29, 0.717) is 25.4 Å². The number of ether oxygens (including phenoxy) is 5. The van der Waals surface area contributed by atoms with Crippen LogP contribution < -0.4 is 16.0 Å². The molecule has 380 valence electrons. The highest BCUT2D eigenvalue weighted by molar-refractivity contribution is 5.89. The van der Waals surface area contributed by atoms with E-state index in [-0.39, 0.29) is 77.3 Å². The molecule has 0 spiro atoms. The van der Waals surface area contributed by atoms with Gasteiger partial charge in [-0.3, -0.25) is 38.4 Å². The van der Waals surface area contributed by atoms with Crippen LogP contribution in [0.5, 0.6) is 0 Å². The lowest BCUT2D eigenvalue weighted by atomic mass is 9.82. The first-order chi connectivity index (χ1) is 30.2. The van der Waals surface area contributed by atoms with Crippen LogP contribution in [-0.2, 0) is 62.0 Å². The Labute approximate surface area is 393 Å². The highest BCUT2D eigenvalue weighted by Crippen LogP contribution is 2.30. The molecule has 1 rings (SSSR count). The van der Waals surface area contributed by atoms with Gasteiger partial charge < -0.3 is 49.6 Å². The van der Waals surface area contributed by atoms with Crippen molar-refractivity contribution in [2.24, 2.45) is 44.3 Å². The molecule has 0 aromatic heterocycles. The van der Waals surface area contributed by atoms with E-state index in [9.17, 15) is 43.5 Å². The van der Waals surface area contributed by atoms with Crippen LogP contribution >= 0.6 is 0 Å². The molecule has 0 saturated heterocycles. The van der Waals surface area contributed by atoms with Crippen LogP contribution in [0.25, 0.3) is 0 Å². The summed E-state index contributed by atoms with van der Waals surface area (Å²) in [5.74, 6) is -4.20. The predicted molar refractivity (Wildman–Crippen MR) is 246 cm³/mol. The zero-order chi connectivity index (χ0) is 50.9. The van der Waals surface area contributed by atoms with Crippen molar-refractivity contribution in [3.05, 3.63) is 0 Å². The normalized spacial score (nSPS) is 16.5. The summed E-state index contributed by atoms with van der Waals surface area (Å²) in [6, 6.07) is -1.27. The van der Waals surface area contributed by atoms with E-state index >= 15 is 0 Å². The first-order valence-corrected chi connectivity index (χ1v) is 23.2. The van der Waals surface area contributed by atoms with Crippen LogP contribution in [0.15, 0.2) is 0 Å². The van der Waals surface area contributed by atoms with Gasteiger partial charge in [-0.2, -0.15) is 0 Å². The molecule has 4 N–H and O–H groups in total. The number of hydrogen-bond donors (Lipinski definition) is 4. The average molecular weight is 941 g/mol. The lowest BCUT2D eigenvalue weighted by Crippen LogP contribution is -2.53. The maximum Gasteiger partial charge on any atom is 0.311 e. The van der Waals surface area contributed by atoms with E-state index in [1.165, 1.54) is 18.7 Å². The minimum atomic E-state index is -1.46. The Morgan fingerprint density at radius 3 is 1.18 bits per heavy atom. The number of aliphatic hydroxyl groups excluding tert-OH is 1. The smallest absolute Gasteiger partial charge is 0.311 e. The van der Waals surface area contributed by atoms with Crippen LogP contribution in [0.4, 0.5) is 0 Å². The molecule has 1 unspecified atom stereocenters. The molecule has 1 fully saturated rings. The maximum atomic E-state index is 14.1. The van der Waals surface area contributed by atoms with Gasteiger partial charge in [0.05, 0.1) is 28.3 Å². The van der Waals surface area contributed by atoms with E-state index in [4.69, 9.17) is 23.7 Å². The molecule has 0 bridgehead atoms. The summed E-state index contributed by atoms with van der Waals surface area (Å²) in [6.07, 6.45) is 3.22. The second-order valence-corrected chi connectivity index (χ2v) is 22.4. The predicted octanol–water partition coefficient (Wildman–Crippen LogP) is 4.13. The summed E-state index contributed by atoms with van der Waals surface area (Å²) < 4.78 is 27.3. The Hall–Kier alpha value is -4.32. The summed E-state index contributed by atoms with van der Waals surface area (Å²) >= 11 is 0. The van der Waals surface area contributed by atoms with Crippen LogP contribution in [0.1, 0.15) is 135 Å². The fourth-order valence-electron chi connectivity index (χ4n) is 6.34. The van der Waals surface area contributed by atoms with Crippen molar-refractivity contribution >= 4 is 47.5 Å². The van der Waals surface area contributed by atoms with Crippen molar-refractivity contribution in [1.29, 1.82) is 0 Å². The standard InChI is InChI=1S/C48H84N4O14/c1-43(2,3)39(58)63-28-47(13,29-64-40(59)44(4,5)6)37(56)49-22-16-24-52(36(55)34(26-53)51-35(54)33-20-18-32(19-21-33)27-62-15)25-17-23-50-38(57)48(14,30-65-41(60)45(7,8)9)31-66-42(61)46(10,11)12/h32-34,53H,16-31H2,1-15H3,(H,49,56)(H,50,57)(H,51,54). The number of nitrogens with zero attached hydrogens (tertiary/aromatic N) is 1. The second-order valence-electron chi connectivity index (χ2n) is 22.4. The minimum Gasteiger partial charge on any atom is -0.464 e. The van der Waals surface area contributed by atoms with Gasteiger partial charge in [0.2, 0.25) is 23.6 Å². The highest BCUT2D eigenvalue weighted by Gasteiger charge is 2.41. The molecule has 0 aromatic carbocycles. The Morgan fingerprint density at radius 2 is 0.894 bits per heavy atom. The van der Waals surface area contributed by atoms with Crippen LogP contribution in [-0.4, -0.2) is 136 Å². The number of aliphatic hydroxyl groups is 1. The summed E-state index contributed by atoms with van der Waals surface area (Å²) in [7, 11) is 1.64. The Bertz CT molecular complexity index is 1500. The van der Waals surface area contributed by atoms with Gasteiger partial charge in [-0.25, -0.2) is 0 Å². The Balaban J connectivity index is 3.26. The molecule has 18 heteroatoms. The fourth-order valence-corrected chi connectivity index (χ4v) is 6.34. The van der Waals surface area contributed by atoms with Gasteiger partial charge in [0.15, 0.2) is 0 Å². The lowest BCUT2D eigenvalue weighted by Gasteiger charge is -2.31. The maximum absolute atomic E-state index is 14.1. The highest BCUT2D eigenvalue weighted by atomic mass is 16.6. The van der Waals surface area contributed by atoms with Gasteiger partial charge in [0.25, 0.3) is 0 Å². The molecule has 0 radical (unpaired) electrons. The largest absolute Gasteiger partial charge is 0.464 e. The van der Waals surface area contributed by atoms with Crippen molar-refractivity contribution in [2.75, 3.05) is 72.9 Å².